The number of nitrogens with zero attached hydrogens (tertiary/aromatic N) is 2. The summed E-state index contributed by atoms with van der Waals surface area (Å²) in [5, 5.41) is 16.1. The topological polar surface area (TPSA) is 75.5 Å². The molecule has 2 aromatic rings. The largest absolute Gasteiger partial charge is 0.352 e. The van der Waals surface area contributed by atoms with Crippen LogP contribution in [-0.4, -0.2) is 35.4 Å². The number of carbonyl (C=O) groups is 1. The minimum atomic E-state index is -0.531. The second-order valence-electron chi connectivity index (χ2n) is 6.43. The highest BCUT2D eigenvalue weighted by molar-refractivity contribution is 7.09. The van der Waals surface area contributed by atoms with Crippen molar-refractivity contribution in [2.75, 3.05) is 19.6 Å². The number of carbonyl (C=O) groups excluding carboxylic acids is 1. The number of nitro benzene ring substituents is 1. The van der Waals surface area contributed by atoms with Gasteiger partial charge in [0.15, 0.2) is 0 Å². The van der Waals surface area contributed by atoms with Crippen LogP contribution >= 0.6 is 22.9 Å². The van der Waals surface area contributed by atoms with Crippen molar-refractivity contribution in [2.45, 2.75) is 19.4 Å². The van der Waals surface area contributed by atoms with Gasteiger partial charge in [-0.1, -0.05) is 17.7 Å². The van der Waals surface area contributed by atoms with E-state index in [-0.39, 0.29) is 22.2 Å². The van der Waals surface area contributed by atoms with Crippen LogP contribution in [0.15, 0.2) is 35.7 Å². The molecule has 2 heterocycles. The number of likely N-dealkylation sites (tertiary alicyclic amines) is 1. The number of amides is 1. The molecule has 1 saturated heterocycles. The molecule has 26 heavy (non-hydrogen) atoms. The van der Waals surface area contributed by atoms with E-state index in [1.165, 1.54) is 23.1 Å². The van der Waals surface area contributed by atoms with Gasteiger partial charge in [0.2, 0.25) is 0 Å². The third-order valence-corrected chi connectivity index (χ3v) is 5.81. The number of piperidine rings is 1. The molecule has 1 aliphatic heterocycles. The Morgan fingerprint density at radius 2 is 2.12 bits per heavy atom. The molecule has 0 radical (unpaired) electrons. The average Bonchev–Trinajstić information content (AvgIpc) is 3.14. The first-order chi connectivity index (χ1) is 12.5. The zero-order valence-electron chi connectivity index (χ0n) is 14.2. The Kier molecular flexibility index (Phi) is 6.24. The molecule has 0 saturated carbocycles. The SMILES string of the molecule is O=C(NCC1CCN(Cc2cccs2)CC1)c1cc([N+](=O)[O-])ccc1Cl. The third-order valence-electron chi connectivity index (χ3n) is 4.62. The lowest BCUT2D eigenvalue weighted by atomic mass is 9.96. The number of nitro groups is 1. The van der Waals surface area contributed by atoms with Crippen molar-refractivity contribution in [1.29, 1.82) is 0 Å². The zero-order valence-corrected chi connectivity index (χ0v) is 15.8. The van der Waals surface area contributed by atoms with Crippen LogP contribution in [0.5, 0.6) is 0 Å². The molecular weight excluding hydrogens is 374 g/mol. The average molecular weight is 394 g/mol. The quantitative estimate of drug-likeness (QED) is 0.595. The molecule has 1 N–H and O–H groups in total. The van der Waals surface area contributed by atoms with Crippen molar-refractivity contribution in [3.8, 4) is 0 Å². The van der Waals surface area contributed by atoms with Gasteiger partial charge in [0.25, 0.3) is 11.6 Å². The summed E-state index contributed by atoms with van der Waals surface area (Å²) in [5.41, 5.74) is 0.0115. The summed E-state index contributed by atoms with van der Waals surface area (Å²) in [5.74, 6) is 0.0516. The summed E-state index contributed by atoms with van der Waals surface area (Å²) in [6.07, 6.45) is 2.04. The van der Waals surface area contributed by atoms with Gasteiger partial charge in [-0.2, -0.15) is 0 Å². The Morgan fingerprint density at radius 1 is 1.35 bits per heavy atom. The molecule has 6 nitrogen and oxygen atoms in total. The molecule has 0 unspecified atom stereocenters. The lowest BCUT2D eigenvalue weighted by Crippen LogP contribution is -2.38. The first-order valence-corrected chi connectivity index (χ1v) is 9.75. The molecule has 0 aliphatic carbocycles. The first-order valence-electron chi connectivity index (χ1n) is 8.50. The van der Waals surface area contributed by atoms with Crippen LogP contribution in [0.2, 0.25) is 5.02 Å². The highest BCUT2D eigenvalue weighted by Crippen LogP contribution is 2.23. The highest BCUT2D eigenvalue weighted by Gasteiger charge is 2.21. The Balaban J connectivity index is 1.48. The van der Waals surface area contributed by atoms with Crippen molar-refractivity contribution >= 4 is 34.5 Å². The Labute approximate surface area is 160 Å². The molecule has 8 heteroatoms. The predicted molar refractivity (Wildman–Crippen MR) is 103 cm³/mol. The first kappa shape index (κ1) is 18.8. The van der Waals surface area contributed by atoms with Crippen LogP contribution in [0.3, 0.4) is 0 Å². The summed E-state index contributed by atoms with van der Waals surface area (Å²) in [4.78, 5) is 26.5. The van der Waals surface area contributed by atoms with Crippen molar-refractivity contribution in [3.05, 3.63) is 61.3 Å². The van der Waals surface area contributed by atoms with Gasteiger partial charge >= 0.3 is 0 Å². The van der Waals surface area contributed by atoms with Gasteiger partial charge in [-0.15, -0.1) is 11.3 Å². The van der Waals surface area contributed by atoms with E-state index < -0.39 is 4.92 Å². The molecule has 3 rings (SSSR count). The summed E-state index contributed by atoms with van der Waals surface area (Å²) >= 11 is 7.79. The molecule has 0 spiro atoms. The zero-order chi connectivity index (χ0) is 18.5. The molecule has 1 aliphatic rings. The summed E-state index contributed by atoms with van der Waals surface area (Å²) < 4.78 is 0. The van der Waals surface area contributed by atoms with E-state index >= 15 is 0 Å². The van der Waals surface area contributed by atoms with E-state index in [4.69, 9.17) is 11.6 Å². The number of nitrogens with one attached hydrogen (secondary N) is 1. The number of rotatable bonds is 6. The van der Waals surface area contributed by atoms with Crippen LogP contribution in [0, 0.1) is 16.0 Å². The third kappa shape index (κ3) is 4.81. The summed E-state index contributed by atoms with van der Waals surface area (Å²) in [7, 11) is 0. The predicted octanol–water partition coefficient (Wildman–Crippen LogP) is 3.95. The number of thiophene rings is 1. The van der Waals surface area contributed by atoms with Gasteiger partial charge in [0, 0.05) is 30.1 Å². The summed E-state index contributed by atoms with van der Waals surface area (Å²) in [6.45, 7) is 3.57. The lowest BCUT2D eigenvalue weighted by Gasteiger charge is -2.31. The fraction of sp³-hybridized carbons (Fsp3) is 0.389. The fourth-order valence-corrected chi connectivity index (χ4v) is 4.05. The van der Waals surface area contributed by atoms with Gasteiger partial charge in [0.1, 0.15) is 0 Å². The Hall–Kier alpha value is -1.96. The normalized spacial score (nSPS) is 15.7. The second-order valence-corrected chi connectivity index (χ2v) is 7.87. The minimum Gasteiger partial charge on any atom is -0.352 e. The molecule has 138 valence electrons. The maximum atomic E-state index is 12.3. The maximum Gasteiger partial charge on any atom is 0.270 e. The van der Waals surface area contributed by atoms with Gasteiger partial charge < -0.3 is 5.32 Å². The Bertz CT molecular complexity index is 774. The van der Waals surface area contributed by atoms with Gasteiger partial charge in [-0.25, -0.2) is 0 Å². The van der Waals surface area contributed by atoms with E-state index in [0.717, 1.165) is 32.5 Å². The van der Waals surface area contributed by atoms with Gasteiger partial charge in [-0.05, 0) is 49.4 Å². The lowest BCUT2D eigenvalue weighted by molar-refractivity contribution is -0.384. The molecule has 1 amide bonds. The van der Waals surface area contributed by atoms with Crippen molar-refractivity contribution in [2.24, 2.45) is 5.92 Å². The van der Waals surface area contributed by atoms with Gasteiger partial charge in [-0.3, -0.25) is 19.8 Å². The van der Waals surface area contributed by atoms with Crippen LogP contribution in [0.25, 0.3) is 0 Å². The van der Waals surface area contributed by atoms with Crippen molar-refractivity contribution in [3.63, 3.8) is 0 Å². The molecular formula is C18H20ClN3O3S. The van der Waals surface area contributed by atoms with E-state index in [1.807, 2.05) is 0 Å². The molecule has 1 aromatic heterocycles. The van der Waals surface area contributed by atoms with E-state index in [0.29, 0.717) is 12.5 Å². The molecule has 0 bridgehead atoms. The van der Waals surface area contributed by atoms with Crippen LogP contribution in [0.1, 0.15) is 28.1 Å². The molecule has 1 fully saturated rings. The van der Waals surface area contributed by atoms with Crippen molar-refractivity contribution < 1.29 is 9.72 Å². The number of hydrogen-bond donors (Lipinski definition) is 1. The number of halogens is 1. The smallest absolute Gasteiger partial charge is 0.270 e. The molecule has 0 atom stereocenters. The van der Waals surface area contributed by atoms with E-state index in [2.05, 4.69) is 27.7 Å². The maximum absolute atomic E-state index is 12.3. The monoisotopic (exact) mass is 393 g/mol. The van der Waals surface area contributed by atoms with Crippen LogP contribution in [0.4, 0.5) is 5.69 Å². The summed E-state index contributed by atoms with van der Waals surface area (Å²) in [6, 6.07) is 8.13. The van der Waals surface area contributed by atoms with Crippen LogP contribution in [-0.2, 0) is 6.54 Å². The second kappa shape index (κ2) is 8.62. The fourth-order valence-electron chi connectivity index (χ4n) is 3.10. The Morgan fingerprint density at radius 3 is 2.77 bits per heavy atom. The van der Waals surface area contributed by atoms with E-state index in [1.54, 1.807) is 11.3 Å². The standard InChI is InChI=1S/C18H20ClN3O3S/c19-17-4-3-14(22(24)25)10-16(17)18(23)20-11-13-5-7-21(8-6-13)12-15-2-1-9-26-15/h1-4,9-10,13H,5-8,11-12H2,(H,20,23). The number of benzene rings is 1. The van der Waals surface area contributed by atoms with E-state index in [9.17, 15) is 14.9 Å². The van der Waals surface area contributed by atoms with Gasteiger partial charge in [0.05, 0.1) is 15.5 Å². The minimum absolute atomic E-state index is 0.138. The highest BCUT2D eigenvalue weighted by atomic mass is 35.5. The number of hydrogen-bond acceptors (Lipinski definition) is 5. The number of non-ortho nitro benzene ring substituents is 1. The van der Waals surface area contributed by atoms with Crippen LogP contribution < -0.4 is 5.32 Å². The van der Waals surface area contributed by atoms with Crippen molar-refractivity contribution in [1.82, 2.24) is 10.2 Å². The molecule has 1 aromatic carbocycles.